The number of aromatic hydroxyl groups is 2. The summed E-state index contributed by atoms with van der Waals surface area (Å²) in [7, 11) is 1.58. The van der Waals surface area contributed by atoms with Gasteiger partial charge in [-0.2, -0.15) is 0 Å². The van der Waals surface area contributed by atoms with Gasteiger partial charge in [0.15, 0.2) is 5.76 Å². The molecule has 0 amide bonds. The molecule has 0 saturated carbocycles. The monoisotopic (exact) mass is 400 g/mol. The Morgan fingerprint density at radius 2 is 1.73 bits per heavy atom. The van der Waals surface area contributed by atoms with Crippen LogP contribution in [-0.2, 0) is 6.42 Å². The van der Waals surface area contributed by atoms with Gasteiger partial charge in [0.2, 0.25) is 5.78 Å². The molecular formula is C25H20O5. The molecule has 0 saturated heterocycles. The van der Waals surface area contributed by atoms with E-state index in [-0.39, 0.29) is 40.6 Å². The molecule has 3 aromatic carbocycles. The van der Waals surface area contributed by atoms with E-state index in [2.05, 4.69) is 0 Å². The van der Waals surface area contributed by atoms with E-state index in [1.807, 2.05) is 42.5 Å². The molecule has 0 fully saturated rings. The van der Waals surface area contributed by atoms with Crippen LogP contribution in [0.2, 0.25) is 0 Å². The zero-order valence-corrected chi connectivity index (χ0v) is 16.3. The number of carbonyl (C=O) groups is 1. The van der Waals surface area contributed by atoms with Crippen molar-refractivity contribution in [2.75, 3.05) is 7.11 Å². The minimum absolute atomic E-state index is 0.0654. The molecule has 0 atom stereocenters. The van der Waals surface area contributed by atoms with Crippen LogP contribution in [0, 0.1) is 0 Å². The van der Waals surface area contributed by atoms with Crippen molar-refractivity contribution in [3.8, 4) is 23.0 Å². The SMILES string of the molecule is COc1ccc(/C=C2\Oc3cc(O)c(C/C=C/c4ccccc4)c(O)c3C2=O)cc1. The first-order chi connectivity index (χ1) is 14.6. The van der Waals surface area contributed by atoms with Crippen LogP contribution in [0.5, 0.6) is 23.0 Å². The van der Waals surface area contributed by atoms with Crippen molar-refractivity contribution < 1.29 is 24.5 Å². The molecule has 0 aliphatic carbocycles. The van der Waals surface area contributed by atoms with Gasteiger partial charge in [0.25, 0.3) is 0 Å². The number of allylic oxidation sites excluding steroid dienone is 2. The average Bonchev–Trinajstić information content (AvgIpc) is 3.06. The molecule has 1 heterocycles. The molecule has 30 heavy (non-hydrogen) atoms. The summed E-state index contributed by atoms with van der Waals surface area (Å²) in [6.07, 6.45) is 5.57. The number of Topliss-reactive ketones (excluding diaryl/α,β-unsaturated/α-hetero) is 1. The van der Waals surface area contributed by atoms with Crippen LogP contribution in [0.25, 0.3) is 12.2 Å². The van der Waals surface area contributed by atoms with Crippen molar-refractivity contribution >= 4 is 17.9 Å². The first kappa shape index (κ1) is 19.3. The molecule has 3 aromatic rings. The number of phenols is 2. The molecule has 4 rings (SSSR count). The highest BCUT2D eigenvalue weighted by Gasteiger charge is 2.33. The quantitative estimate of drug-likeness (QED) is 0.591. The van der Waals surface area contributed by atoms with Gasteiger partial charge in [-0.1, -0.05) is 54.6 Å². The molecule has 0 radical (unpaired) electrons. The van der Waals surface area contributed by atoms with Gasteiger partial charge in [0.05, 0.1) is 7.11 Å². The maximum absolute atomic E-state index is 12.8. The lowest BCUT2D eigenvalue weighted by molar-refractivity contribution is 0.101. The van der Waals surface area contributed by atoms with E-state index in [0.717, 1.165) is 11.1 Å². The van der Waals surface area contributed by atoms with Crippen LogP contribution in [0.4, 0.5) is 0 Å². The van der Waals surface area contributed by atoms with Gasteiger partial charge in [0, 0.05) is 11.6 Å². The van der Waals surface area contributed by atoms with Crippen molar-refractivity contribution in [3.63, 3.8) is 0 Å². The Kier molecular flexibility index (Phi) is 5.26. The van der Waals surface area contributed by atoms with Crippen molar-refractivity contribution in [3.05, 3.63) is 94.8 Å². The van der Waals surface area contributed by atoms with Gasteiger partial charge >= 0.3 is 0 Å². The van der Waals surface area contributed by atoms with Crippen LogP contribution in [0.3, 0.4) is 0 Å². The van der Waals surface area contributed by atoms with E-state index in [1.165, 1.54) is 6.07 Å². The maximum atomic E-state index is 12.8. The topological polar surface area (TPSA) is 76.0 Å². The normalized spacial score (nSPS) is 14.2. The summed E-state index contributed by atoms with van der Waals surface area (Å²) in [5.41, 5.74) is 2.10. The Morgan fingerprint density at radius 3 is 2.43 bits per heavy atom. The van der Waals surface area contributed by atoms with Gasteiger partial charge in [-0.05, 0) is 35.8 Å². The Hall–Kier alpha value is -3.99. The maximum Gasteiger partial charge on any atom is 0.235 e. The van der Waals surface area contributed by atoms with Gasteiger partial charge in [-0.3, -0.25) is 4.79 Å². The van der Waals surface area contributed by atoms with Crippen LogP contribution in [0.15, 0.2) is 72.5 Å². The number of phenolic OH excluding ortho intramolecular Hbond substituents is 2. The van der Waals surface area contributed by atoms with Gasteiger partial charge in [0.1, 0.15) is 28.6 Å². The smallest absolute Gasteiger partial charge is 0.235 e. The third-order valence-electron chi connectivity index (χ3n) is 4.86. The largest absolute Gasteiger partial charge is 0.507 e. The van der Waals surface area contributed by atoms with E-state index in [0.29, 0.717) is 5.75 Å². The number of ether oxygens (including phenoxy) is 2. The predicted molar refractivity (Wildman–Crippen MR) is 115 cm³/mol. The van der Waals surface area contributed by atoms with Gasteiger partial charge in [-0.15, -0.1) is 0 Å². The number of hydrogen-bond donors (Lipinski definition) is 2. The third kappa shape index (κ3) is 3.78. The fourth-order valence-corrected chi connectivity index (χ4v) is 3.29. The van der Waals surface area contributed by atoms with Crippen LogP contribution >= 0.6 is 0 Å². The number of rotatable bonds is 5. The lowest BCUT2D eigenvalue weighted by atomic mass is 10.0. The molecular weight excluding hydrogens is 380 g/mol. The van der Waals surface area contributed by atoms with Crippen LogP contribution < -0.4 is 9.47 Å². The molecule has 2 N–H and O–H groups in total. The second-order valence-corrected chi connectivity index (χ2v) is 6.83. The van der Waals surface area contributed by atoms with E-state index < -0.39 is 5.78 Å². The molecule has 0 spiro atoms. The molecule has 0 bridgehead atoms. The minimum atomic E-state index is -0.424. The van der Waals surface area contributed by atoms with Crippen LogP contribution in [0.1, 0.15) is 27.0 Å². The second kappa shape index (κ2) is 8.17. The van der Waals surface area contributed by atoms with Crippen LogP contribution in [-0.4, -0.2) is 23.1 Å². The lowest BCUT2D eigenvalue weighted by Crippen LogP contribution is -1.99. The minimum Gasteiger partial charge on any atom is -0.507 e. The third-order valence-corrected chi connectivity index (χ3v) is 4.86. The molecule has 5 heteroatoms. The summed E-state index contributed by atoms with van der Waals surface area (Å²) in [5, 5.41) is 21.0. The van der Waals surface area contributed by atoms with Crippen molar-refractivity contribution in [2.24, 2.45) is 0 Å². The Morgan fingerprint density at radius 1 is 1.00 bits per heavy atom. The van der Waals surface area contributed by atoms with Crippen molar-refractivity contribution in [2.45, 2.75) is 6.42 Å². The molecule has 1 aliphatic rings. The first-order valence-electron chi connectivity index (χ1n) is 9.44. The second-order valence-electron chi connectivity index (χ2n) is 6.83. The number of hydrogen-bond acceptors (Lipinski definition) is 5. The van der Waals surface area contributed by atoms with Gasteiger partial charge in [-0.25, -0.2) is 0 Å². The van der Waals surface area contributed by atoms with E-state index >= 15 is 0 Å². The average molecular weight is 400 g/mol. The fraction of sp³-hybridized carbons (Fsp3) is 0.0800. The molecule has 0 unspecified atom stereocenters. The summed E-state index contributed by atoms with van der Waals surface area (Å²) < 4.78 is 10.7. The number of carbonyl (C=O) groups excluding carboxylic acids is 1. The molecule has 5 nitrogen and oxygen atoms in total. The number of fused-ring (bicyclic) bond motifs is 1. The van der Waals surface area contributed by atoms with E-state index in [9.17, 15) is 15.0 Å². The lowest BCUT2D eigenvalue weighted by Gasteiger charge is -2.08. The Bertz CT molecular complexity index is 1140. The molecule has 150 valence electrons. The van der Waals surface area contributed by atoms with Crippen molar-refractivity contribution in [1.29, 1.82) is 0 Å². The number of benzene rings is 3. The van der Waals surface area contributed by atoms with E-state index in [4.69, 9.17) is 9.47 Å². The summed E-state index contributed by atoms with van der Waals surface area (Å²) in [6.45, 7) is 0. The highest BCUT2D eigenvalue weighted by Crippen LogP contribution is 2.44. The Labute approximate surface area is 174 Å². The zero-order chi connectivity index (χ0) is 21.1. The first-order valence-corrected chi connectivity index (χ1v) is 9.44. The summed E-state index contributed by atoms with van der Waals surface area (Å²) in [6, 6.07) is 18.2. The number of methoxy groups -OCH3 is 1. The van der Waals surface area contributed by atoms with Gasteiger partial charge < -0.3 is 19.7 Å². The summed E-state index contributed by atoms with van der Waals surface area (Å²) in [5.74, 6) is 0.127. The standard InChI is InChI=1S/C25H20O5/c1-29-18-12-10-17(11-13-18)14-22-25(28)23-21(30-22)15-20(26)19(24(23)27)9-5-8-16-6-3-2-4-7-16/h2-8,10-15,26-27H,9H2,1H3/b8-5+,22-14-. The fourth-order valence-electron chi connectivity index (χ4n) is 3.29. The predicted octanol–water partition coefficient (Wildman–Crippen LogP) is 4.98. The van der Waals surface area contributed by atoms with E-state index in [1.54, 1.807) is 37.5 Å². The van der Waals surface area contributed by atoms with Crippen molar-refractivity contribution in [1.82, 2.24) is 0 Å². The highest BCUT2D eigenvalue weighted by atomic mass is 16.5. The zero-order valence-electron chi connectivity index (χ0n) is 16.3. The summed E-state index contributed by atoms with van der Waals surface area (Å²) in [4.78, 5) is 12.8. The summed E-state index contributed by atoms with van der Waals surface area (Å²) >= 11 is 0. The molecule has 0 aromatic heterocycles. The highest BCUT2D eigenvalue weighted by molar-refractivity contribution is 6.16. The number of ketones is 1. The Balaban J connectivity index is 1.60. The molecule has 1 aliphatic heterocycles.